The lowest BCUT2D eigenvalue weighted by Crippen LogP contribution is -2.75. The minimum absolute atomic E-state index is 0.285. The fourth-order valence-electron chi connectivity index (χ4n) is 8.64. The Morgan fingerprint density at radius 1 is 0.383 bits per heavy atom. The number of nitrogens with zero attached hydrogens (tertiary/aromatic N) is 1. The molecule has 434 valence electrons. The van der Waals surface area contributed by atoms with E-state index in [9.17, 15) is 110 Å². The summed E-state index contributed by atoms with van der Waals surface area (Å²) in [7, 11) is 0. The molecule has 0 bridgehead atoms. The minimum Gasteiger partial charge on any atom is -0.456 e. The number of hydrogen-bond acceptors (Lipinski definition) is 2. The van der Waals surface area contributed by atoms with Gasteiger partial charge in [-0.05, 0) is 68.6 Å². The normalized spacial score (nSPS) is 13.5. The van der Waals surface area contributed by atoms with Crippen LogP contribution in [-0.2, 0) is 60.7 Å². The molecule has 0 saturated heterocycles. The van der Waals surface area contributed by atoms with Crippen LogP contribution in [0.5, 0.6) is 0 Å². The van der Waals surface area contributed by atoms with Crippen LogP contribution in [0.1, 0.15) is 81.2 Å². The second-order valence-electron chi connectivity index (χ2n) is 19.2. The molecule has 0 unspecified atom stereocenters. The van der Waals surface area contributed by atoms with Gasteiger partial charge < -0.3 is 4.74 Å². The van der Waals surface area contributed by atoms with Crippen molar-refractivity contribution in [3.63, 3.8) is 0 Å². The van der Waals surface area contributed by atoms with Gasteiger partial charge in [-0.25, -0.2) is 9.36 Å². The van der Waals surface area contributed by atoms with Gasteiger partial charge in [-0.2, -0.15) is 127 Å². The van der Waals surface area contributed by atoms with Crippen LogP contribution >= 0.6 is 0 Å². The first-order valence-corrected chi connectivity index (χ1v) is 22.7. The van der Waals surface area contributed by atoms with Crippen LogP contribution in [0.3, 0.4) is 0 Å². The lowest BCUT2D eigenvalue weighted by Gasteiger charge is -2.46. The van der Waals surface area contributed by atoms with Gasteiger partial charge in [0, 0.05) is 17.0 Å². The highest BCUT2D eigenvalue weighted by atomic mass is 19.4. The Hall–Kier alpha value is -7.42. The van der Waals surface area contributed by atoms with E-state index >= 15 is 0 Å². The topological polar surface area (TPSA) is 30.2 Å². The number of benzene rings is 6. The Balaban J connectivity index is 0.000000363. The zero-order chi connectivity index (χ0) is 61.1. The molecule has 0 atom stereocenters. The van der Waals surface area contributed by atoms with E-state index in [-0.39, 0.29) is 5.97 Å². The first kappa shape index (κ1) is 62.8. The van der Waals surface area contributed by atoms with Crippen LogP contribution < -0.4 is 26.4 Å². The van der Waals surface area contributed by atoms with Crippen molar-refractivity contribution in [3.8, 4) is 0 Å². The highest BCUT2D eigenvalue weighted by molar-refractivity contribution is 7.20. The number of halogens is 24. The van der Waals surface area contributed by atoms with Crippen LogP contribution in [0.4, 0.5) is 105 Å². The van der Waals surface area contributed by atoms with Gasteiger partial charge in [-0.3, -0.25) is 0 Å². The van der Waals surface area contributed by atoms with Gasteiger partial charge in [0.2, 0.25) is 0 Å². The van der Waals surface area contributed by atoms with Crippen molar-refractivity contribution in [3.05, 3.63) is 195 Å². The number of aromatic nitrogens is 1. The monoisotopic (exact) mass is 1180 g/mol. The van der Waals surface area contributed by atoms with E-state index < -0.39 is 200 Å². The molecule has 28 heteroatoms. The van der Waals surface area contributed by atoms with Crippen molar-refractivity contribution >= 4 is 44.7 Å². The summed E-state index contributed by atoms with van der Waals surface area (Å²) in [4.78, 5) is 12.0. The van der Waals surface area contributed by atoms with Crippen LogP contribution in [0, 0.1) is 0 Å². The maximum absolute atomic E-state index is 14.2. The standard InChI is InChI=1S/C32H12BF24.C21H22NO2/c34-25(35,36)13-1-14(26(37,38)39)6-21(5-13)33(22-7-15(27(40,41)42)2-16(8-22)28(43,44)45,23-9-17(29(46,47)48)3-18(10-23)30(49,50)51)24-11-19(31(52,53)54)4-20(12-24)32(55,56)57;1-21(2,3)24-20(23)18-10-8-16(9-11-18)14-22-13-12-17-6-4-5-7-19(17)15-22/h1-12H;4-13,15H,14H2,1-3H3/q-1;+1. The van der Waals surface area contributed by atoms with E-state index in [0.29, 0.717) is 5.56 Å². The maximum atomic E-state index is 14.2. The molecule has 1 heterocycles. The van der Waals surface area contributed by atoms with Crippen LogP contribution in [0.25, 0.3) is 10.8 Å². The average molecular weight is 1180 g/mol. The second kappa shape index (κ2) is 21.5. The largest absolute Gasteiger partial charge is 0.456 e. The maximum Gasteiger partial charge on any atom is 0.416 e. The van der Waals surface area contributed by atoms with Gasteiger partial charge >= 0.3 is 55.4 Å². The summed E-state index contributed by atoms with van der Waals surface area (Å²) >= 11 is 0. The summed E-state index contributed by atoms with van der Waals surface area (Å²) in [6.07, 6.45) is -50.6. The fraction of sp³-hybridized carbons (Fsp3) is 0.245. The Labute approximate surface area is 441 Å². The highest BCUT2D eigenvalue weighted by Gasteiger charge is 2.47. The number of pyridine rings is 1. The summed E-state index contributed by atoms with van der Waals surface area (Å²) in [6.45, 7) is 6.38. The van der Waals surface area contributed by atoms with E-state index in [1.807, 2.05) is 57.2 Å². The number of carbonyl (C=O) groups excluding carboxylic acids is 1. The molecule has 0 aliphatic heterocycles. The molecule has 3 nitrogen and oxygen atoms in total. The molecule has 0 amide bonds. The Bertz CT molecular complexity index is 2990. The molecule has 0 fully saturated rings. The second-order valence-corrected chi connectivity index (χ2v) is 19.2. The summed E-state index contributed by atoms with van der Waals surface area (Å²) in [5.74, 6) is -0.285. The quantitative estimate of drug-likeness (QED) is 0.0689. The third-order valence-electron chi connectivity index (χ3n) is 12.1. The average Bonchev–Trinajstić information content (AvgIpc) is 3.51. The predicted octanol–water partition coefficient (Wildman–Crippen LogP) is 15.3. The molecule has 81 heavy (non-hydrogen) atoms. The molecule has 1 aromatic heterocycles. The number of carbonyl (C=O) groups is 1. The van der Waals surface area contributed by atoms with E-state index in [4.69, 9.17) is 4.74 Å². The number of fused-ring (bicyclic) bond motifs is 1. The van der Waals surface area contributed by atoms with Crippen molar-refractivity contribution in [2.24, 2.45) is 0 Å². The van der Waals surface area contributed by atoms with Crippen molar-refractivity contribution in [2.45, 2.75) is 82.3 Å². The summed E-state index contributed by atoms with van der Waals surface area (Å²) in [6, 6.07) is 9.20. The van der Waals surface area contributed by atoms with Crippen molar-refractivity contribution in [1.82, 2.24) is 0 Å². The SMILES string of the molecule is CC(C)(C)OC(=O)c1ccc(C[n+]2ccc3ccccc3c2)cc1.FC(F)(F)c1cc([B-](c2cc(C(F)(F)F)cc(C(F)(F)F)c2)(c2cc(C(F)(F)F)cc(C(F)(F)F)c2)c2cc(C(F)(F)F)cc(C(F)(F)F)c2)cc(C(F)(F)F)c1. The molecular weight excluding hydrogens is 1150 g/mol. The van der Waals surface area contributed by atoms with E-state index in [1.54, 1.807) is 0 Å². The van der Waals surface area contributed by atoms with Gasteiger partial charge in [0.15, 0.2) is 18.9 Å². The van der Waals surface area contributed by atoms with Gasteiger partial charge in [0.05, 0.1) is 50.1 Å². The van der Waals surface area contributed by atoms with Gasteiger partial charge in [0.25, 0.3) is 0 Å². The first-order chi connectivity index (χ1) is 36.7. The first-order valence-electron chi connectivity index (χ1n) is 22.7. The molecule has 0 aliphatic carbocycles. The molecule has 0 spiro atoms. The lowest BCUT2D eigenvalue weighted by atomic mass is 9.12. The minimum atomic E-state index is -6.13. The number of alkyl halides is 24. The molecule has 0 N–H and O–H groups in total. The van der Waals surface area contributed by atoms with Crippen LogP contribution in [0.15, 0.2) is 140 Å². The summed E-state index contributed by atoms with van der Waals surface area (Å²) in [5, 5.41) is 2.44. The predicted molar refractivity (Wildman–Crippen MR) is 245 cm³/mol. The van der Waals surface area contributed by atoms with Crippen molar-refractivity contribution in [1.29, 1.82) is 0 Å². The number of ether oxygens (including phenoxy) is 1. The van der Waals surface area contributed by atoms with E-state index in [0.717, 1.165) is 12.1 Å². The van der Waals surface area contributed by atoms with Crippen LogP contribution in [-0.4, -0.2) is 17.7 Å². The van der Waals surface area contributed by atoms with Gasteiger partial charge in [-0.15, -0.1) is 0 Å². The van der Waals surface area contributed by atoms with Gasteiger partial charge in [0.1, 0.15) is 11.7 Å². The summed E-state index contributed by atoms with van der Waals surface area (Å²) < 4.78 is 348. The lowest BCUT2D eigenvalue weighted by molar-refractivity contribution is -0.687. The van der Waals surface area contributed by atoms with E-state index in [2.05, 4.69) is 35.2 Å². The van der Waals surface area contributed by atoms with Crippen LogP contribution in [0.2, 0.25) is 0 Å². The molecule has 6 aromatic carbocycles. The summed E-state index contributed by atoms with van der Waals surface area (Å²) in [5.41, 5.74) is -29.0. The van der Waals surface area contributed by atoms with Gasteiger partial charge in [-0.1, -0.05) is 78.9 Å². The number of esters is 1. The smallest absolute Gasteiger partial charge is 0.416 e. The fourth-order valence-corrected chi connectivity index (χ4v) is 8.64. The third-order valence-corrected chi connectivity index (χ3v) is 12.1. The molecule has 0 radical (unpaired) electrons. The molecular formula is C53H34BF24NO2. The number of hydrogen-bond donors (Lipinski definition) is 0. The zero-order valence-electron chi connectivity index (χ0n) is 40.9. The number of rotatable bonds is 7. The van der Waals surface area contributed by atoms with Crippen molar-refractivity contribution in [2.75, 3.05) is 0 Å². The van der Waals surface area contributed by atoms with Crippen molar-refractivity contribution < 1.29 is 119 Å². The molecule has 0 saturated carbocycles. The zero-order valence-corrected chi connectivity index (χ0v) is 40.9. The molecule has 0 aliphatic rings. The Morgan fingerprint density at radius 2 is 0.654 bits per heavy atom. The Morgan fingerprint density at radius 3 is 0.914 bits per heavy atom. The third kappa shape index (κ3) is 14.9. The highest BCUT2D eigenvalue weighted by Crippen LogP contribution is 2.41. The van der Waals surface area contributed by atoms with E-state index in [1.165, 1.54) is 10.8 Å². The Kier molecular flexibility index (Phi) is 16.6. The molecule has 7 rings (SSSR count). The molecule has 7 aromatic rings.